The zero-order chi connectivity index (χ0) is 31.0. The summed E-state index contributed by atoms with van der Waals surface area (Å²) in [6, 6.07) is 22.9. The van der Waals surface area contributed by atoms with Gasteiger partial charge in [0.05, 0.1) is 17.8 Å². The third-order valence-electron chi connectivity index (χ3n) is 8.42. The number of amides is 2. The summed E-state index contributed by atoms with van der Waals surface area (Å²) >= 11 is 0. The lowest BCUT2D eigenvalue weighted by atomic mass is 9.76. The number of fused-ring (bicyclic) bond motifs is 1. The Labute approximate surface area is 255 Å². The highest BCUT2D eigenvalue weighted by atomic mass is 16.5. The molecule has 3 aromatic carbocycles. The van der Waals surface area contributed by atoms with Gasteiger partial charge in [0.1, 0.15) is 5.75 Å². The summed E-state index contributed by atoms with van der Waals surface area (Å²) in [5.41, 5.74) is 11.0. The van der Waals surface area contributed by atoms with Crippen LogP contribution in [-0.4, -0.2) is 23.4 Å². The van der Waals surface area contributed by atoms with E-state index in [1.807, 2.05) is 18.2 Å². The van der Waals surface area contributed by atoms with Crippen LogP contribution in [0.4, 0.5) is 11.4 Å². The van der Waals surface area contributed by atoms with Gasteiger partial charge in [0.2, 0.25) is 5.91 Å². The molecule has 0 saturated heterocycles. The van der Waals surface area contributed by atoms with Crippen LogP contribution in [0.5, 0.6) is 5.75 Å². The van der Waals surface area contributed by atoms with Crippen molar-refractivity contribution < 1.29 is 14.3 Å². The fraction of sp³-hybridized carbons (Fsp3) is 0.361. The van der Waals surface area contributed by atoms with Crippen molar-refractivity contribution in [2.24, 2.45) is 0 Å². The van der Waals surface area contributed by atoms with Crippen LogP contribution in [0.25, 0.3) is 10.9 Å². The summed E-state index contributed by atoms with van der Waals surface area (Å²) in [6.45, 7) is 13.9. The van der Waals surface area contributed by atoms with Crippen LogP contribution < -0.4 is 20.9 Å². The number of ether oxygens (including phenoxy) is 1. The molecule has 0 aliphatic heterocycles. The van der Waals surface area contributed by atoms with E-state index in [0.29, 0.717) is 36.4 Å². The van der Waals surface area contributed by atoms with E-state index in [1.54, 1.807) is 42.6 Å². The topological polar surface area (TPSA) is 92.4 Å². The summed E-state index contributed by atoms with van der Waals surface area (Å²) in [6.07, 6.45) is 4.75. The van der Waals surface area contributed by atoms with E-state index in [1.165, 1.54) is 11.1 Å². The SMILES string of the molecule is CCC(C)(C)c1ccc(OCCCC(=O)Nc2ccc(NNC(=O)c3ccc4ncccc4c3)cc2)c(C(C)(C)CC)c1. The molecule has 1 aromatic heterocycles. The van der Waals surface area contributed by atoms with Gasteiger partial charge in [-0.2, -0.15) is 0 Å². The number of carbonyl (C=O) groups excluding carboxylic acids is 2. The van der Waals surface area contributed by atoms with Crippen molar-refractivity contribution in [1.29, 1.82) is 0 Å². The first-order valence-electron chi connectivity index (χ1n) is 15.1. The van der Waals surface area contributed by atoms with Crippen molar-refractivity contribution in [2.45, 2.75) is 78.1 Å². The molecule has 0 aliphatic carbocycles. The molecule has 4 rings (SSSR count). The molecule has 7 heteroatoms. The largest absolute Gasteiger partial charge is 0.493 e. The highest BCUT2D eigenvalue weighted by Crippen LogP contribution is 2.38. The zero-order valence-electron chi connectivity index (χ0n) is 26.2. The van der Waals surface area contributed by atoms with Gasteiger partial charge in [-0.15, -0.1) is 0 Å². The molecule has 43 heavy (non-hydrogen) atoms. The predicted octanol–water partition coefficient (Wildman–Crippen LogP) is 8.16. The standard InChI is InChI=1S/C36H44N4O3/c1-7-35(3,4)27-14-20-32(30(24-27)36(5,6)8-2)43-22-10-12-33(41)38-28-15-17-29(18-16-28)39-40-34(42)26-13-19-31-25(23-26)11-9-21-37-31/h9,11,13-21,23-24,39H,7-8,10,12,22H2,1-6H3,(H,38,41)(H,40,42). The maximum Gasteiger partial charge on any atom is 0.269 e. The van der Waals surface area contributed by atoms with E-state index in [0.717, 1.165) is 29.5 Å². The molecule has 3 N–H and O–H groups in total. The molecule has 0 bridgehead atoms. The quantitative estimate of drug-likeness (QED) is 0.110. The van der Waals surface area contributed by atoms with Crippen LogP contribution >= 0.6 is 0 Å². The number of anilines is 2. The minimum atomic E-state index is -0.253. The number of hydrogen-bond donors (Lipinski definition) is 3. The Kier molecular flexibility index (Phi) is 10.1. The first kappa shape index (κ1) is 31.5. The van der Waals surface area contributed by atoms with Gasteiger partial charge in [-0.1, -0.05) is 59.7 Å². The van der Waals surface area contributed by atoms with Crippen LogP contribution in [0.2, 0.25) is 0 Å². The number of hydrogen-bond acceptors (Lipinski definition) is 5. The molecule has 0 unspecified atom stereocenters. The van der Waals surface area contributed by atoms with E-state index in [4.69, 9.17) is 4.74 Å². The van der Waals surface area contributed by atoms with Gasteiger partial charge >= 0.3 is 0 Å². The molecule has 0 aliphatic rings. The van der Waals surface area contributed by atoms with Crippen molar-refractivity contribution in [3.63, 3.8) is 0 Å². The Bertz CT molecular complexity index is 1560. The normalized spacial score (nSPS) is 11.7. The Morgan fingerprint density at radius 2 is 1.56 bits per heavy atom. The van der Waals surface area contributed by atoms with Crippen LogP contribution in [0.3, 0.4) is 0 Å². The predicted molar refractivity (Wildman–Crippen MR) is 176 cm³/mol. The van der Waals surface area contributed by atoms with Gasteiger partial charge in [-0.05, 0) is 90.3 Å². The summed E-state index contributed by atoms with van der Waals surface area (Å²) in [7, 11) is 0. The molecule has 2 amide bonds. The van der Waals surface area contributed by atoms with Gasteiger partial charge in [-0.3, -0.25) is 25.4 Å². The number of nitrogens with one attached hydrogen (secondary N) is 3. The number of nitrogens with zero attached hydrogens (tertiary/aromatic N) is 1. The highest BCUT2D eigenvalue weighted by molar-refractivity contribution is 5.98. The fourth-order valence-corrected chi connectivity index (χ4v) is 4.69. The maximum atomic E-state index is 12.6. The van der Waals surface area contributed by atoms with E-state index >= 15 is 0 Å². The lowest BCUT2D eigenvalue weighted by molar-refractivity contribution is -0.116. The van der Waals surface area contributed by atoms with Crippen molar-refractivity contribution in [2.75, 3.05) is 17.3 Å². The molecule has 0 fully saturated rings. The zero-order valence-corrected chi connectivity index (χ0v) is 26.2. The number of benzene rings is 3. The van der Waals surface area contributed by atoms with Crippen LogP contribution in [0.1, 0.15) is 88.7 Å². The first-order chi connectivity index (χ1) is 20.5. The van der Waals surface area contributed by atoms with E-state index in [2.05, 4.69) is 80.9 Å². The Morgan fingerprint density at radius 3 is 2.28 bits per heavy atom. The van der Waals surface area contributed by atoms with Gasteiger partial charge in [-0.25, -0.2) is 0 Å². The molecule has 0 spiro atoms. The Balaban J connectivity index is 1.24. The highest BCUT2D eigenvalue weighted by Gasteiger charge is 2.26. The van der Waals surface area contributed by atoms with Crippen molar-refractivity contribution >= 4 is 34.1 Å². The summed E-state index contributed by atoms with van der Waals surface area (Å²) in [5, 5.41) is 3.84. The number of rotatable bonds is 13. The monoisotopic (exact) mass is 580 g/mol. The smallest absolute Gasteiger partial charge is 0.269 e. The van der Waals surface area contributed by atoms with Gasteiger partial charge in [0, 0.05) is 34.8 Å². The molecule has 1 heterocycles. The molecule has 0 atom stereocenters. The average Bonchev–Trinajstić information content (AvgIpc) is 3.02. The average molecular weight is 581 g/mol. The minimum absolute atomic E-state index is 0.00941. The molecule has 4 aromatic rings. The number of hydrazine groups is 1. The molecule has 7 nitrogen and oxygen atoms in total. The van der Waals surface area contributed by atoms with Crippen LogP contribution in [-0.2, 0) is 15.6 Å². The van der Waals surface area contributed by atoms with E-state index < -0.39 is 0 Å². The number of pyridine rings is 1. The second-order valence-corrected chi connectivity index (χ2v) is 12.3. The van der Waals surface area contributed by atoms with Crippen molar-refractivity contribution in [3.05, 3.63) is 95.7 Å². The summed E-state index contributed by atoms with van der Waals surface area (Å²) in [5.74, 6) is 0.574. The van der Waals surface area contributed by atoms with Crippen LogP contribution in [0.15, 0.2) is 79.0 Å². The lowest BCUT2D eigenvalue weighted by Crippen LogP contribution is -2.29. The third kappa shape index (κ3) is 8.13. The third-order valence-corrected chi connectivity index (χ3v) is 8.42. The van der Waals surface area contributed by atoms with Gasteiger partial charge in [0.15, 0.2) is 0 Å². The molecular formula is C36H44N4O3. The summed E-state index contributed by atoms with van der Waals surface area (Å²) < 4.78 is 6.22. The minimum Gasteiger partial charge on any atom is -0.493 e. The van der Waals surface area contributed by atoms with E-state index in [-0.39, 0.29) is 22.6 Å². The molecular weight excluding hydrogens is 536 g/mol. The maximum absolute atomic E-state index is 12.6. The molecule has 0 radical (unpaired) electrons. The lowest BCUT2D eigenvalue weighted by Gasteiger charge is -2.30. The molecule has 226 valence electrons. The van der Waals surface area contributed by atoms with Gasteiger partial charge < -0.3 is 10.1 Å². The Morgan fingerprint density at radius 1 is 0.837 bits per heavy atom. The fourth-order valence-electron chi connectivity index (χ4n) is 4.69. The number of carbonyl (C=O) groups is 2. The van der Waals surface area contributed by atoms with Crippen molar-refractivity contribution in [3.8, 4) is 5.75 Å². The van der Waals surface area contributed by atoms with Crippen molar-refractivity contribution in [1.82, 2.24) is 10.4 Å². The molecule has 0 saturated carbocycles. The number of aromatic nitrogens is 1. The Hall–Kier alpha value is -4.39. The van der Waals surface area contributed by atoms with E-state index in [9.17, 15) is 9.59 Å². The summed E-state index contributed by atoms with van der Waals surface area (Å²) in [4.78, 5) is 29.4. The second kappa shape index (κ2) is 13.7. The van der Waals surface area contributed by atoms with Gasteiger partial charge in [0.25, 0.3) is 5.91 Å². The van der Waals surface area contributed by atoms with Crippen LogP contribution in [0, 0.1) is 0 Å². The second-order valence-electron chi connectivity index (χ2n) is 12.3. The first-order valence-corrected chi connectivity index (χ1v) is 15.1.